The van der Waals surface area contributed by atoms with E-state index in [0.717, 1.165) is 19.7 Å². The predicted molar refractivity (Wildman–Crippen MR) is 160 cm³/mol. The highest BCUT2D eigenvalue weighted by Gasteiger charge is 2.35. The van der Waals surface area contributed by atoms with E-state index in [1.807, 2.05) is 56.3 Å². The Morgan fingerprint density at radius 3 is 2.23 bits per heavy atom. The van der Waals surface area contributed by atoms with E-state index in [0.29, 0.717) is 28.4 Å². The van der Waals surface area contributed by atoms with Crippen LogP contribution in [-0.2, 0) is 32.8 Å². The van der Waals surface area contributed by atoms with Crippen LogP contribution in [0.15, 0.2) is 72.8 Å². The van der Waals surface area contributed by atoms with Gasteiger partial charge in [0.15, 0.2) is 0 Å². The first-order chi connectivity index (χ1) is 18.9. The normalized spacial score (nSPS) is 12.2. The lowest BCUT2D eigenvalue weighted by Crippen LogP contribution is -2.54. The molecule has 0 bridgehead atoms. The molecule has 0 fully saturated rings. The average molecular weight is 585 g/mol. The number of rotatable bonds is 12. The summed E-state index contributed by atoms with van der Waals surface area (Å²) in [5, 5.41) is 3.29. The number of nitrogens with zero attached hydrogens (tertiary/aromatic N) is 3. The Hall–Kier alpha value is -3.40. The number of hydrogen-bond donors (Lipinski definition) is 1. The van der Waals surface area contributed by atoms with Crippen molar-refractivity contribution in [2.45, 2.75) is 39.8 Å². The molecule has 0 aliphatic carbocycles. The van der Waals surface area contributed by atoms with Crippen LogP contribution >= 0.6 is 11.6 Å². The van der Waals surface area contributed by atoms with Crippen LogP contribution in [-0.4, -0.2) is 62.7 Å². The van der Waals surface area contributed by atoms with Gasteiger partial charge in [0.05, 0.1) is 5.69 Å². The van der Waals surface area contributed by atoms with Crippen molar-refractivity contribution in [2.75, 3.05) is 31.5 Å². The van der Waals surface area contributed by atoms with E-state index < -0.39 is 28.7 Å². The van der Waals surface area contributed by atoms with E-state index >= 15 is 0 Å². The van der Waals surface area contributed by atoms with Crippen LogP contribution in [0.2, 0.25) is 5.02 Å². The van der Waals surface area contributed by atoms with Crippen molar-refractivity contribution in [3.63, 3.8) is 0 Å². The number of carbonyl (C=O) groups excluding carboxylic acids is 2. The number of halogens is 1. The van der Waals surface area contributed by atoms with Crippen molar-refractivity contribution in [3.8, 4) is 0 Å². The molecule has 0 saturated heterocycles. The van der Waals surface area contributed by atoms with Gasteiger partial charge >= 0.3 is 10.2 Å². The van der Waals surface area contributed by atoms with E-state index in [4.69, 9.17) is 11.6 Å². The fourth-order valence-electron chi connectivity index (χ4n) is 4.35. The summed E-state index contributed by atoms with van der Waals surface area (Å²) < 4.78 is 29.3. The van der Waals surface area contributed by atoms with Crippen LogP contribution in [0.5, 0.6) is 0 Å². The number of hydrogen-bond acceptors (Lipinski definition) is 4. The lowest BCUT2D eigenvalue weighted by atomic mass is 10.0. The Morgan fingerprint density at radius 1 is 0.950 bits per heavy atom. The number of amides is 2. The van der Waals surface area contributed by atoms with Crippen LogP contribution in [0.25, 0.3) is 0 Å². The van der Waals surface area contributed by atoms with Gasteiger partial charge in [-0.25, -0.2) is 4.31 Å². The summed E-state index contributed by atoms with van der Waals surface area (Å²) in [7, 11) is -1.22. The molecule has 1 atom stereocenters. The average Bonchev–Trinajstić information content (AvgIpc) is 2.92. The Kier molecular flexibility index (Phi) is 10.7. The summed E-state index contributed by atoms with van der Waals surface area (Å²) in [4.78, 5) is 29.1. The van der Waals surface area contributed by atoms with Gasteiger partial charge in [0.25, 0.3) is 0 Å². The second-order valence-electron chi connectivity index (χ2n) is 9.80. The highest BCUT2D eigenvalue weighted by molar-refractivity contribution is 7.90. The number of aryl methyl sites for hydroxylation is 2. The van der Waals surface area contributed by atoms with Gasteiger partial charge in [-0.15, -0.1) is 0 Å². The van der Waals surface area contributed by atoms with Gasteiger partial charge < -0.3 is 10.2 Å². The van der Waals surface area contributed by atoms with Crippen molar-refractivity contribution in [1.29, 1.82) is 0 Å². The summed E-state index contributed by atoms with van der Waals surface area (Å²) in [5.74, 6) is -0.862. The van der Waals surface area contributed by atoms with Crippen molar-refractivity contribution in [3.05, 3.63) is 100 Å². The van der Waals surface area contributed by atoms with E-state index in [1.54, 1.807) is 37.3 Å². The third kappa shape index (κ3) is 7.62. The maximum absolute atomic E-state index is 14.2. The summed E-state index contributed by atoms with van der Waals surface area (Å²) in [6, 6.07) is 21.1. The molecule has 0 radical (unpaired) electrons. The molecule has 8 nitrogen and oxygen atoms in total. The molecule has 3 rings (SSSR count). The molecule has 10 heteroatoms. The number of nitrogens with one attached hydrogen (secondary N) is 1. The molecule has 1 N–H and O–H groups in total. The van der Waals surface area contributed by atoms with Crippen molar-refractivity contribution < 1.29 is 18.0 Å². The standard InChI is InChI=1S/C30H37ClN4O4S/c1-6-32-30(37)28(19-24-12-8-7-9-13-24)34(20-25-14-10-11-15-26(25)31)29(36)21-35(40(38,39)33(4)5)27-18-22(2)16-17-23(27)3/h7-18,28H,6,19-21H2,1-5H3,(H,32,37)/t28-/m1/s1. The zero-order valence-corrected chi connectivity index (χ0v) is 25.2. The van der Waals surface area contributed by atoms with Gasteiger partial charge in [-0.05, 0) is 55.2 Å². The Labute approximate surface area is 242 Å². The molecular weight excluding hydrogens is 548 g/mol. The summed E-state index contributed by atoms with van der Waals surface area (Å²) in [5.41, 5.74) is 3.46. The molecule has 0 saturated carbocycles. The smallest absolute Gasteiger partial charge is 0.304 e. The molecule has 3 aromatic rings. The fourth-order valence-corrected chi connectivity index (χ4v) is 5.65. The predicted octanol–water partition coefficient (Wildman–Crippen LogP) is 4.35. The van der Waals surface area contributed by atoms with Crippen LogP contribution in [0.4, 0.5) is 5.69 Å². The van der Waals surface area contributed by atoms with E-state index in [2.05, 4.69) is 5.32 Å². The van der Waals surface area contributed by atoms with Crippen molar-refractivity contribution in [1.82, 2.24) is 14.5 Å². The lowest BCUT2D eigenvalue weighted by Gasteiger charge is -2.35. The first-order valence-electron chi connectivity index (χ1n) is 13.1. The van der Waals surface area contributed by atoms with E-state index in [-0.39, 0.29) is 18.9 Å². The Bertz CT molecular complexity index is 1430. The van der Waals surface area contributed by atoms with Crippen LogP contribution in [0.1, 0.15) is 29.2 Å². The molecule has 0 unspecified atom stereocenters. The molecule has 0 aromatic heterocycles. The largest absolute Gasteiger partial charge is 0.355 e. The maximum Gasteiger partial charge on any atom is 0.304 e. The van der Waals surface area contributed by atoms with Crippen molar-refractivity contribution >= 4 is 39.3 Å². The third-order valence-electron chi connectivity index (χ3n) is 6.57. The van der Waals surface area contributed by atoms with Gasteiger partial charge in [0, 0.05) is 38.6 Å². The number of likely N-dealkylation sites (N-methyl/N-ethyl adjacent to an activating group) is 1. The lowest BCUT2D eigenvalue weighted by molar-refractivity contribution is -0.140. The monoisotopic (exact) mass is 584 g/mol. The maximum atomic E-state index is 14.2. The van der Waals surface area contributed by atoms with Crippen LogP contribution in [0, 0.1) is 13.8 Å². The molecule has 0 heterocycles. The van der Waals surface area contributed by atoms with Crippen molar-refractivity contribution in [2.24, 2.45) is 0 Å². The fraction of sp³-hybridized carbons (Fsp3) is 0.333. The minimum atomic E-state index is -4.06. The minimum absolute atomic E-state index is 0.0236. The van der Waals surface area contributed by atoms with Gasteiger partial charge in [-0.3, -0.25) is 9.59 Å². The molecule has 0 aliphatic rings. The Balaban J connectivity index is 2.12. The molecule has 3 aromatic carbocycles. The highest BCUT2D eigenvalue weighted by atomic mass is 35.5. The third-order valence-corrected chi connectivity index (χ3v) is 8.75. The van der Waals surface area contributed by atoms with Crippen LogP contribution < -0.4 is 9.62 Å². The number of benzene rings is 3. The van der Waals surface area contributed by atoms with Crippen LogP contribution in [0.3, 0.4) is 0 Å². The molecular formula is C30H37ClN4O4S. The zero-order valence-electron chi connectivity index (χ0n) is 23.6. The number of anilines is 1. The molecule has 2 amide bonds. The first kappa shape index (κ1) is 31.1. The first-order valence-corrected chi connectivity index (χ1v) is 14.8. The molecule has 40 heavy (non-hydrogen) atoms. The summed E-state index contributed by atoms with van der Waals surface area (Å²) >= 11 is 6.48. The summed E-state index contributed by atoms with van der Waals surface area (Å²) in [6.45, 7) is 5.37. The number of carbonyl (C=O) groups is 2. The Morgan fingerprint density at radius 2 is 1.60 bits per heavy atom. The molecule has 0 aliphatic heterocycles. The minimum Gasteiger partial charge on any atom is -0.355 e. The molecule has 0 spiro atoms. The quantitative estimate of drug-likeness (QED) is 0.343. The topological polar surface area (TPSA) is 90.0 Å². The molecule has 214 valence electrons. The second kappa shape index (κ2) is 13.8. The van der Waals surface area contributed by atoms with E-state index in [9.17, 15) is 18.0 Å². The highest BCUT2D eigenvalue weighted by Crippen LogP contribution is 2.27. The van der Waals surface area contributed by atoms with E-state index in [1.165, 1.54) is 19.0 Å². The SMILES string of the molecule is CCNC(=O)[C@@H](Cc1ccccc1)N(Cc1ccccc1Cl)C(=O)CN(c1cc(C)ccc1C)S(=O)(=O)N(C)C. The summed E-state index contributed by atoms with van der Waals surface area (Å²) in [6.07, 6.45) is 0.243. The van der Waals surface area contributed by atoms with Gasteiger partial charge in [-0.1, -0.05) is 72.3 Å². The van der Waals surface area contributed by atoms with Gasteiger partial charge in [-0.2, -0.15) is 12.7 Å². The zero-order chi connectivity index (χ0) is 29.4. The van der Waals surface area contributed by atoms with Gasteiger partial charge in [0.1, 0.15) is 12.6 Å². The van der Waals surface area contributed by atoms with Gasteiger partial charge in [0.2, 0.25) is 11.8 Å². The second-order valence-corrected chi connectivity index (χ2v) is 12.3.